The molecule has 0 radical (unpaired) electrons. The Balaban J connectivity index is 2.65. The summed E-state index contributed by atoms with van der Waals surface area (Å²) in [4.78, 5) is 10.3. The Kier molecular flexibility index (Phi) is 2.10. The number of primary amides is 1. The molecule has 0 saturated heterocycles. The zero-order valence-electron chi connectivity index (χ0n) is 6.24. The van der Waals surface area contributed by atoms with Crippen LogP contribution in [0.25, 0.3) is 0 Å². The van der Waals surface area contributed by atoms with Crippen LogP contribution in [0.3, 0.4) is 0 Å². The van der Waals surface area contributed by atoms with E-state index in [9.17, 15) is 4.79 Å². The molecule has 1 rings (SSSR count). The second kappa shape index (κ2) is 3.05. The summed E-state index contributed by atoms with van der Waals surface area (Å²) in [5, 5.41) is 6.34. The first-order valence-corrected chi connectivity index (χ1v) is 3.32. The molecule has 3 N–H and O–H groups in total. The van der Waals surface area contributed by atoms with Crippen molar-refractivity contribution in [2.24, 2.45) is 5.73 Å². The summed E-state index contributed by atoms with van der Waals surface area (Å²) in [5.41, 5.74) is 4.88. The molecule has 0 fully saturated rings. The molecule has 0 unspecified atom stereocenters. The molecule has 2 amide bonds. The molecule has 1 heterocycles. The zero-order valence-corrected chi connectivity index (χ0v) is 6.24. The van der Waals surface area contributed by atoms with Gasteiger partial charge in [0.25, 0.3) is 0 Å². The molecule has 0 aromatic carbocycles. The number of anilines is 1. The number of hydrogen-bond donors (Lipinski definition) is 2. The van der Waals surface area contributed by atoms with Gasteiger partial charge in [0.15, 0.2) is 5.82 Å². The van der Waals surface area contributed by atoms with Crippen LogP contribution in [0.5, 0.6) is 0 Å². The first-order chi connectivity index (χ1) is 5.22. The van der Waals surface area contributed by atoms with E-state index < -0.39 is 6.03 Å². The minimum absolute atomic E-state index is 0.486. The van der Waals surface area contributed by atoms with Crippen LogP contribution in [-0.4, -0.2) is 15.8 Å². The SMILES string of the molecule is CCn1ccc(NC(N)=O)n1. The lowest BCUT2D eigenvalue weighted by molar-refractivity contribution is 0.259. The maximum Gasteiger partial charge on any atom is 0.317 e. The average Bonchev–Trinajstić information content (AvgIpc) is 2.34. The molecule has 1 aromatic heterocycles. The summed E-state index contributed by atoms with van der Waals surface area (Å²) in [7, 11) is 0. The third-order valence-corrected chi connectivity index (χ3v) is 1.22. The highest BCUT2D eigenvalue weighted by Gasteiger charge is 1.97. The van der Waals surface area contributed by atoms with Gasteiger partial charge in [0, 0.05) is 18.8 Å². The van der Waals surface area contributed by atoms with Crippen LogP contribution in [0.1, 0.15) is 6.92 Å². The number of aromatic nitrogens is 2. The Morgan fingerprint density at radius 1 is 1.91 bits per heavy atom. The lowest BCUT2D eigenvalue weighted by Gasteiger charge is -1.94. The molecule has 0 bridgehead atoms. The molecule has 0 aliphatic heterocycles. The molecule has 11 heavy (non-hydrogen) atoms. The van der Waals surface area contributed by atoms with E-state index in [-0.39, 0.29) is 0 Å². The van der Waals surface area contributed by atoms with Crippen molar-refractivity contribution in [2.75, 3.05) is 5.32 Å². The van der Waals surface area contributed by atoms with Crippen molar-refractivity contribution in [1.29, 1.82) is 0 Å². The average molecular weight is 154 g/mol. The highest BCUT2D eigenvalue weighted by atomic mass is 16.2. The predicted molar refractivity (Wildman–Crippen MR) is 41.1 cm³/mol. The van der Waals surface area contributed by atoms with Crippen molar-refractivity contribution < 1.29 is 4.79 Å². The minimum atomic E-state index is -0.591. The number of carbonyl (C=O) groups is 1. The lowest BCUT2D eigenvalue weighted by atomic mass is 10.6. The monoisotopic (exact) mass is 154 g/mol. The molecule has 5 heteroatoms. The van der Waals surface area contributed by atoms with Crippen molar-refractivity contribution in [3.05, 3.63) is 12.3 Å². The lowest BCUT2D eigenvalue weighted by Crippen LogP contribution is -2.19. The summed E-state index contributed by atoms with van der Waals surface area (Å²) >= 11 is 0. The third kappa shape index (κ3) is 1.96. The summed E-state index contributed by atoms with van der Waals surface area (Å²) in [6, 6.07) is 1.10. The molecular weight excluding hydrogens is 144 g/mol. The van der Waals surface area contributed by atoms with Crippen LogP contribution >= 0.6 is 0 Å². The van der Waals surface area contributed by atoms with Crippen LogP contribution in [0, 0.1) is 0 Å². The third-order valence-electron chi connectivity index (χ3n) is 1.22. The molecule has 0 aliphatic carbocycles. The van der Waals surface area contributed by atoms with E-state index >= 15 is 0 Å². The van der Waals surface area contributed by atoms with E-state index in [1.165, 1.54) is 0 Å². The topological polar surface area (TPSA) is 72.9 Å². The van der Waals surface area contributed by atoms with Gasteiger partial charge in [0.2, 0.25) is 0 Å². The standard InChI is InChI=1S/C6H10N4O/c1-2-10-4-3-5(9-10)8-6(7)11/h3-4H,2H2,1H3,(H3,7,8,9,11). The Bertz CT molecular complexity index is 255. The maximum atomic E-state index is 10.3. The fourth-order valence-electron chi connectivity index (χ4n) is 0.731. The van der Waals surface area contributed by atoms with E-state index in [4.69, 9.17) is 5.73 Å². The van der Waals surface area contributed by atoms with E-state index in [1.807, 2.05) is 6.92 Å². The fourth-order valence-corrected chi connectivity index (χ4v) is 0.731. The van der Waals surface area contributed by atoms with Gasteiger partial charge >= 0.3 is 6.03 Å². The number of aryl methyl sites for hydroxylation is 1. The largest absolute Gasteiger partial charge is 0.351 e. The molecule has 0 spiro atoms. The fraction of sp³-hybridized carbons (Fsp3) is 0.333. The molecule has 0 aliphatic rings. The predicted octanol–water partition coefficient (Wildman–Crippen LogP) is 0.394. The van der Waals surface area contributed by atoms with Gasteiger partial charge in [-0.3, -0.25) is 10.00 Å². The van der Waals surface area contributed by atoms with Gasteiger partial charge < -0.3 is 5.73 Å². The van der Waals surface area contributed by atoms with Crippen molar-refractivity contribution in [3.8, 4) is 0 Å². The molecule has 5 nitrogen and oxygen atoms in total. The van der Waals surface area contributed by atoms with Gasteiger partial charge in [-0.2, -0.15) is 5.10 Å². The zero-order chi connectivity index (χ0) is 8.27. The second-order valence-corrected chi connectivity index (χ2v) is 2.05. The van der Waals surface area contributed by atoms with Crippen molar-refractivity contribution in [3.63, 3.8) is 0 Å². The van der Waals surface area contributed by atoms with E-state index in [0.717, 1.165) is 6.54 Å². The molecule has 1 aromatic rings. The summed E-state index contributed by atoms with van der Waals surface area (Å²) in [6.45, 7) is 2.74. The van der Waals surface area contributed by atoms with Gasteiger partial charge in [-0.05, 0) is 6.92 Å². The number of nitrogens with zero attached hydrogens (tertiary/aromatic N) is 2. The quantitative estimate of drug-likeness (QED) is 0.646. The number of hydrogen-bond acceptors (Lipinski definition) is 2. The van der Waals surface area contributed by atoms with Crippen molar-refractivity contribution in [1.82, 2.24) is 9.78 Å². The van der Waals surface area contributed by atoms with E-state index in [1.54, 1.807) is 16.9 Å². The van der Waals surface area contributed by atoms with Gasteiger partial charge in [-0.25, -0.2) is 4.79 Å². The Morgan fingerprint density at radius 3 is 3.09 bits per heavy atom. The highest BCUT2D eigenvalue weighted by molar-refractivity contribution is 5.86. The summed E-state index contributed by atoms with van der Waals surface area (Å²) < 4.78 is 1.70. The first kappa shape index (κ1) is 7.59. The van der Waals surface area contributed by atoms with Crippen molar-refractivity contribution >= 4 is 11.8 Å². The summed E-state index contributed by atoms with van der Waals surface area (Å²) in [6.07, 6.45) is 1.77. The number of nitrogens with two attached hydrogens (primary N) is 1. The Labute approximate surface area is 64.2 Å². The van der Waals surface area contributed by atoms with Gasteiger partial charge in [0.1, 0.15) is 0 Å². The van der Waals surface area contributed by atoms with Gasteiger partial charge in [-0.15, -0.1) is 0 Å². The Hall–Kier alpha value is -1.52. The van der Waals surface area contributed by atoms with Crippen LogP contribution in [0.15, 0.2) is 12.3 Å². The minimum Gasteiger partial charge on any atom is -0.351 e. The highest BCUT2D eigenvalue weighted by Crippen LogP contribution is 2.00. The number of amides is 2. The summed E-state index contributed by atoms with van der Waals surface area (Å²) in [5.74, 6) is 0.486. The smallest absolute Gasteiger partial charge is 0.317 e. The maximum absolute atomic E-state index is 10.3. The van der Waals surface area contributed by atoms with Crippen LogP contribution in [0.4, 0.5) is 10.6 Å². The van der Waals surface area contributed by atoms with Crippen molar-refractivity contribution in [2.45, 2.75) is 13.5 Å². The molecule has 0 saturated carbocycles. The number of rotatable bonds is 2. The van der Waals surface area contributed by atoms with E-state index in [0.29, 0.717) is 5.82 Å². The van der Waals surface area contributed by atoms with Gasteiger partial charge in [0.05, 0.1) is 0 Å². The second-order valence-electron chi connectivity index (χ2n) is 2.05. The number of urea groups is 1. The number of nitrogens with one attached hydrogen (secondary N) is 1. The van der Waals surface area contributed by atoms with Crippen LogP contribution < -0.4 is 11.1 Å². The Morgan fingerprint density at radius 2 is 2.64 bits per heavy atom. The van der Waals surface area contributed by atoms with E-state index in [2.05, 4.69) is 10.4 Å². The number of carbonyl (C=O) groups excluding carboxylic acids is 1. The first-order valence-electron chi connectivity index (χ1n) is 3.32. The molecule has 60 valence electrons. The van der Waals surface area contributed by atoms with Crippen LogP contribution in [-0.2, 0) is 6.54 Å². The van der Waals surface area contributed by atoms with Gasteiger partial charge in [-0.1, -0.05) is 0 Å². The van der Waals surface area contributed by atoms with Crippen LogP contribution in [0.2, 0.25) is 0 Å². The molecule has 0 atom stereocenters. The normalized spacial score (nSPS) is 9.55. The molecular formula is C6H10N4O.